The molecule has 0 radical (unpaired) electrons. The highest BCUT2D eigenvalue weighted by Crippen LogP contribution is 2.21. The van der Waals surface area contributed by atoms with Gasteiger partial charge in [0.15, 0.2) is 0 Å². The van der Waals surface area contributed by atoms with Crippen molar-refractivity contribution in [3.8, 4) is 0 Å². The molecule has 5 heteroatoms. The van der Waals surface area contributed by atoms with Gasteiger partial charge in [-0.1, -0.05) is 0 Å². The first-order valence-corrected chi connectivity index (χ1v) is 4.50. The molecule has 1 fully saturated rings. The minimum atomic E-state index is 0. The summed E-state index contributed by atoms with van der Waals surface area (Å²) in [6, 6.07) is 0. The molecule has 1 aromatic rings. The zero-order valence-electron chi connectivity index (χ0n) is 6.53. The van der Waals surface area contributed by atoms with Crippen LogP contribution >= 0.6 is 36.2 Å². The van der Waals surface area contributed by atoms with Gasteiger partial charge >= 0.3 is 0 Å². The summed E-state index contributed by atoms with van der Waals surface area (Å²) in [6.07, 6.45) is 1.25. The van der Waals surface area contributed by atoms with E-state index in [9.17, 15) is 0 Å². The molecular weight excluding hydrogens is 215 g/mol. The van der Waals surface area contributed by atoms with Gasteiger partial charge in [0.2, 0.25) is 0 Å². The maximum atomic E-state index is 4.28. The fraction of sp³-hybridized carbons (Fsp3) is 0.571. The maximum absolute atomic E-state index is 4.28. The minimum absolute atomic E-state index is 0. The van der Waals surface area contributed by atoms with Crippen molar-refractivity contribution in [1.82, 2.24) is 10.3 Å². The molecule has 0 aromatic carbocycles. The van der Waals surface area contributed by atoms with Crippen molar-refractivity contribution in [3.05, 3.63) is 16.6 Å². The number of nitrogens with one attached hydrogen (secondary N) is 1. The highest BCUT2D eigenvalue weighted by molar-refractivity contribution is 7.07. The van der Waals surface area contributed by atoms with Crippen LogP contribution in [0, 0.1) is 0 Å². The van der Waals surface area contributed by atoms with Gasteiger partial charge in [0.25, 0.3) is 0 Å². The molecule has 1 N–H and O–H groups in total. The highest BCUT2D eigenvalue weighted by Gasteiger charge is 2.17. The Labute approximate surface area is 88.6 Å². The smallest absolute Gasteiger partial charge is 0.0794 e. The van der Waals surface area contributed by atoms with Crippen LogP contribution in [0.5, 0.6) is 0 Å². The molecule has 0 spiro atoms. The van der Waals surface area contributed by atoms with E-state index in [0.717, 1.165) is 13.1 Å². The summed E-state index contributed by atoms with van der Waals surface area (Å²) in [5.74, 6) is 0.686. The molecule has 1 aliphatic rings. The van der Waals surface area contributed by atoms with Gasteiger partial charge < -0.3 is 5.32 Å². The Morgan fingerprint density at radius 2 is 2.33 bits per heavy atom. The molecule has 0 bridgehead atoms. The second-order valence-corrected chi connectivity index (χ2v) is 3.32. The van der Waals surface area contributed by atoms with Gasteiger partial charge in [-0.3, -0.25) is 0 Å². The number of rotatable bonds is 1. The van der Waals surface area contributed by atoms with Crippen LogP contribution in [0.15, 0.2) is 10.9 Å². The molecule has 2 heterocycles. The zero-order chi connectivity index (χ0) is 6.81. The Morgan fingerprint density at radius 1 is 1.50 bits per heavy atom. The molecule has 1 atom stereocenters. The summed E-state index contributed by atoms with van der Waals surface area (Å²) >= 11 is 1.69. The Morgan fingerprint density at radius 3 is 2.83 bits per heavy atom. The summed E-state index contributed by atoms with van der Waals surface area (Å²) < 4.78 is 0. The third kappa shape index (κ3) is 2.59. The van der Waals surface area contributed by atoms with Crippen molar-refractivity contribution in [2.45, 2.75) is 12.3 Å². The van der Waals surface area contributed by atoms with Crippen LogP contribution < -0.4 is 5.32 Å². The maximum Gasteiger partial charge on any atom is 0.0794 e. The van der Waals surface area contributed by atoms with Gasteiger partial charge in [0.05, 0.1) is 11.2 Å². The van der Waals surface area contributed by atoms with E-state index in [1.54, 1.807) is 11.3 Å². The predicted molar refractivity (Wildman–Crippen MR) is 56.8 cm³/mol. The average Bonchev–Trinajstić information content (AvgIpc) is 2.59. The Hall–Kier alpha value is 0.170. The predicted octanol–water partition coefficient (Wildman–Crippen LogP) is 2.06. The number of halogens is 2. The van der Waals surface area contributed by atoms with Crippen LogP contribution in [0.3, 0.4) is 0 Å². The lowest BCUT2D eigenvalue weighted by atomic mass is 10.1. The summed E-state index contributed by atoms with van der Waals surface area (Å²) in [6.45, 7) is 2.27. The van der Waals surface area contributed by atoms with Crippen LogP contribution in [0.2, 0.25) is 0 Å². The number of thiazole rings is 1. The quantitative estimate of drug-likeness (QED) is 0.794. The van der Waals surface area contributed by atoms with Gasteiger partial charge in [0.1, 0.15) is 0 Å². The van der Waals surface area contributed by atoms with Crippen molar-refractivity contribution in [3.63, 3.8) is 0 Å². The second-order valence-electron chi connectivity index (χ2n) is 2.60. The van der Waals surface area contributed by atoms with E-state index in [1.165, 1.54) is 12.1 Å². The van der Waals surface area contributed by atoms with Crippen molar-refractivity contribution in [1.29, 1.82) is 0 Å². The van der Waals surface area contributed by atoms with E-state index in [4.69, 9.17) is 0 Å². The lowest BCUT2D eigenvalue weighted by molar-refractivity contribution is 0.741. The molecule has 0 amide bonds. The lowest BCUT2D eigenvalue weighted by Crippen LogP contribution is -2.07. The lowest BCUT2D eigenvalue weighted by Gasteiger charge is -2.01. The molecule has 0 aliphatic carbocycles. The molecule has 1 unspecified atom stereocenters. The standard InChI is InChI=1S/C7H10N2S.2ClH/c1-2-8-3-6(1)7-4-10-5-9-7;;/h4-6,8H,1-3H2;2*1H. The second kappa shape index (κ2) is 5.75. The summed E-state index contributed by atoms with van der Waals surface area (Å²) in [5.41, 5.74) is 3.18. The van der Waals surface area contributed by atoms with E-state index in [0.29, 0.717) is 5.92 Å². The van der Waals surface area contributed by atoms with Gasteiger partial charge in [0, 0.05) is 17.8 Å². The SMILES string of the molecule is Cl.Cl.c1nc(C2CCNC2)cs1. The van der Waals surface area contributed by atoms with Crippen LogP contribution in [0.4, 0.5) is 0 Å². The number of hydrogen-bond acceptors (Lipinski definition) is 3. The molecule has 1 saturated heterocycles. The molecule has 70 valence electrons. The fourth-order valence-corrected chi connectivity index (χ4v) is 1.97. The van der Waals surface area contributed by atoms with Gasteiger partial charge in [-0.25, -0.2) is 4.98 Å². The summed E-state index contributed by atoms with van der Waals surface area (Å²) in [4.78, 5) is 4.28. The number of hydrogen-bond donors (Lipinski definition) is 1. The van der Waals surface area contributed by atoms with Crippen LogP contribution in [-0.4, -0.2) is 18.1 Å². The Bertz CT molecular complexity index is 197. The first kappa shape index (κ1) is 12.2. The zero-order valence-corrected chi connectivity index (χ0v) is 8.97. The van der Waals surface area contributed by atoms with E-state index in [2.05, 4.69) is 15.7 Å². The molecule has 0 saturated carbocycles. The summed E-state index contributed by atoms with van der Waals surface area (Å²) in [5, 5.41) is 5.48. The Kier molecular flexibility index (Phi) is 5.84. The topological polar surface area (TPSA) is 24.9 Å². The Balaban J connectivity index is 0.000000605. The van der Waals surface area contributed by atoms with Crippen LogP contribution in [-0.2, 0) is 0 Å². The normalized spacial score (nSPS) is 21.2. The number of nitrogens with zero attached hydrogens (tertiary/aromatic N) is 1. The van der Waals surface area contributed by atoms with Gasteiger partial charge in [-0.15, -0.1) is 36.2 Å². The van der Waals surface area contributed by atoms with Gasteiger partial charge in [-0.2, -0.15) is 0 Å². The highest BCUT2D eigenvalue weighted by atomic mass is 35.5. The molecule has 2 nitrogen and oxygen atoms in total. The van der Waals surface area contributed by atoms with Gasteiger partial charge in [-0.05, 0) is 13.0 Å². The fourth-order valence-electron chi connectivity index (χ4n) is 1.33. The first-order valence-electron chi connectivity index (χ1n) is 3.55. The van der Waals surface area contributed by atoms with E-state index >= 15 is 0 Å². The third-order valence-electron chi connectivity index (χ3n) is 1.93. The van der Waals surface area contributed by atoms with E-state index in [1.807, 2.05) is 5.51 Å². The molecule has 1 aliphatic heterocycles. The molecule has 1 aromatic heterocycles. The molecule has 2 rings (SSSR count). The molecule has 12 heavy (non-hydrogen) atoms. The summed E-state index contributed by atoms with van der Waals surface area (Å²) in [7, 11) is 0. The van der Waals surface area contributed by atoms with Crippen molar-refractivity contribution >= 4 is 36.2 Å². The van der Waals surface area contributed by atoms with E-state index in [-0.39, 0.29) is 24.8 Å². The van der Waals surface area contributed by atoms with Crippen LogP contribution in [0.1, 0.15) is 18.0 Å². The third-order valence-corrected chi connectivity index (χ3v) is 2.53. The monoisotopic (exact) mass is 226 g/mol. The average molecular weight is 227 g/mol. The van der Waals surface area contributed by atoms with E-state index < -0.39 is 0 Å². The largest absolute Gasteiger partial charge is 0.316 e. The first-order chi connectivity index (χ1) is 4.97. The minimum Gasteiger partial charge on any atom is -0.316 e. The van der Waals surface area contributed by atoms with Crippen LogP contribution in [0.25, 0.3) is 0 Å². The van der Waals surface area contributed by atoms with Crippen molar-refractivity contribution in [2.75, 3.05) is 13.1 Å². The van der Waals surface area contributed by atoms with Crippen molar-refractivity contribution in [2.24, 2.45) is 0 Å². The van der Waals surface area contributed by atoms with Crippen molar-refractivity contribution < 1.29 is 0 Å². The molecular formula is C7H12Cl2N2S. The number of aromatic nitrogens is 1.